The maximum absolute atomic E-state index is 13.4. The van der Waals surface area contributed by atoms with E-state index in [4.69, 9.17) is 23.7 Å². The number of carboxylic acids is 1. The number of hydrogen-bond donors (Lipinski definition) is 7. The second kappa shape index (κ2) is 14.9. The molecule has 2 aliphatic heterocycles. The summed E-state index contributed by atoms with van der Waals surface area (Å²) in [5, 5.41) is 71.6. The monoisotopic (exact) mass is 632 g/mol. The molecule has 4 fully saturated rings. The summed E-state index contributed by atoms with van der Waals surface area (Å²) < 4.78 is 67.9. The average molecular weight is 633 g/mol. The lowest BCUT2D eigenvalue weighted by Crippen LogP contribution is -2.63. The van der Waals surface area contributed by atoms with Gasteiger partial charge in [-0.1, -0.05) is 44.9 Å². The normalized spacial score (nSPS) is 42.4. The summed E-state index contributed by atoms with van der Waals surface area (Å²) in [5.41, 5.74) is 0. The summed E-state index contributed by atoms with van der Waals surface area (Å²) in [6.07, 6.45) is -21.1. The molecule has 2 heterocycles. The highest BCUT2D eigenvalue weighted by Gasteiger charge is 2.56. The second-order valence-electron chi connectivity index (χ2n) is 11.9. The molecule has 0 bridgehead atoms. The minimum atomic E-state index is -5.06. The standard InChI is InChI=1S/C27H43F3O13/c28-27(29,30)23-19(34)18(33)20(35)25(43-23)40-13-8-4-5-9-14(13)41-26-21(36)22(17(32)16(11-31)42-26)39-15(24(37)38)10-12-6-2-1-3-7-12/h12-23,25-26,31-36H,1-11H2,(H,37,38)/t13-,14-,15+,16-,17+,18-,19+,20+,21-,22+,23-,25-,26-/m1/s1. The number of halogens is 3. The third kappa shape index (κ3) is 8.35. The Bertz CT molecular complexity index is 891. The minimum Gasteiger partial charge on any atom is -0.479 e. The number of aliphatic hydroxyl groups is 6. The first kappa shape index (κ1) is 34.7. The molecule has 0 aromatic heterocycles. The number of ether oxygens (including phenoxy) is 5. The van der Waals surface area contributed by atoms with Crippen molar-refractivity contribution in [1.29, 1.82) is 0 Å². The third-order valence-corrected chi connectivity index (χ3v) is 8.84. The number of alkyl halides is 3. The van der Waals surface area contributed by atoms with Gasteiger partial charge in [0.15, 0.2) is 24.8 Å². The molecule has 4 rings (SSSR count). The summed E-state index contributed by atoms with van der Waals surface area (Å²) in [4.78, 5) is 12.0. The van der Waals surface area contributed by atoms with Gasteiger partial charge in [-0.25, -0.2) is 4.79 Å². The van der Waals surface area contributed by atoms with Crippen molar-refractivity contribution >= 4 is 5.97 Å². The lowest BCUT2D eigenvalue weighted by atomic mass is 9.85. The van der Waals surface area contributed by atoms with Gasteiger partial charge in [0, 0.05) is 0 Å². The van der Waals surface area contributed by atoms with Crippen LogP contribution in [0, 0.1) is 5.92 Å². The fourth-order valence-corrected chi connectivity index (χ4v) is 6.41. The van der Waals surface area contributed by atoms with Gasteiger partial charge in [0.25, 0.3) is 0 Å². The number of rotatable bonds is 10. The first-order valence-electron chi connectivity index (χ1n) is 14.9. The van der Waals surface area contributed by atoms with Gasteiger partial charge in [-0.15, -0.1) is 0 Å². The van der Waals surface area contributed by atoms with Gasteiger partial charge in [0.1, 0.15) is 42.7 Å². The Hall–Kier alpha value is -1.18. The Balaban J connectivity index is 1.46. The highest BCUT2D eigenvalue weighted by Crippen LogP contribution is 2.37. The van der Waals surface area contributed by atoms with Crippen molar-refractivity contribution in [1.82, 2.24) is 0 Å². The van der Waals surface area contributed by atoms with Gasteiger partial charge >= 0.3 is 12.1 Å². The van der Waals surface area contributed by atoms with E-state index in [0.29, 0.717) is 12.8 Å². The molecular formula is C27H43F3O13. The van der Waals surface area contributed by atoms with E-state index < -0.39 is 98.5 Å². The zero-order valence-corrected chi connectivity index (χ0v) is 23.6. The van der Waals surface area contributed by atoms with Crippen LogP contribution < -0.4 is 0 Å². The van der Waals surface area contributed by atoms with Crippen LogP contribution in [-0.2, 0) is 28.5 Å². The van der Waals surface area contributed by atoms with Gasteiger partial charge in [-0.3, -0.25) is 0 Å². The molecule has 43 heavy (non-hydrogen) atoms. The SMILES string of the molecule is O=C(O)[C@H](CC1CCCCC1)O[C@H]1[C@@H](O)[C@@H](CO)O[C@@H](O[C@@H]2CCCC[C@H]2O[C@@H]2O[C@@H](C(F)(F)F)[C@@H](O)[C@@H](O)[C@@H]2O)[C@@H]1O. The van der Waals surface area contributed by atoms with E-state index in [2.05, 4.69) is 0 Å². The number of hydrogen-bond acceptors (Lipinski definition) is 12. The lowest BCUT2D eigenvalue weighted by molar-refractivity contribution is -0.371. The van der Waals surface area contributed by atoms with Crippen LogP contribution in [0.5, 0.6) is 0 Å². The number of aliphatic carboxylic acids is 1. The third-order valence-electron chi connectivity index (χ3n) is 8.84. The van der Waals surface area contributed by atoms with Crippen LogP contribution >= 0.6 is 0 Å². The largest absolute Gasteiger partial charge is 0.479 e. The van der Waals surface area contributed by atoms with E-state index in [1.165, 1.54) is 0 Å². The van der Waals surface area contributed by atoms with E-state index in [1.807, 2.05) is 0 Å². The smallest absolute Gasteiger partial charge is 0.417 e. The summed E-state index contributed by atoms with van der Waals surface area (Å²) in [5.74, 6) is -1.18. The van der Waals surface area contributed by atoms with Gasteiger partial charge in [0.05, 0.1) is 18.8 Å². The van der Waals surface area contributed by atoms with E-state index in [9.17, 15) is 53.7 Å². The number of carbonyl (C=O) groups is 1. The lowest BCUT2D eigenvalue weighted by Gasteiger charge is -2.46. The molecule has 13 nitrogen and oxygen atoms in total. The van der Waals surface area contributed by atoms with Crippen molar-refractivity contribution in [3.05, 3.63) is 0 Å². The maximum atomic E-state index is 13.4. The van der Waals surface area contributed by atoms with E-state index in [0.717, 1.165) is 32.1 Å². The summed E-state index contributed by atoms with van der Waals surface area (Å²) in [6, 6.07) is 0. The van der Waals surface area contributed by atoms with Crippen LogP contribution in [0.2, 0.25) is 0 Å². The molecule has 4 aliphatic rings. The summed E-state index contributed by atoms with van der Waals surface area (Å²) in [7, 11) is 0. The van der Waals surface area contributed by atoms with Crippen molar-refractivity contribution in [2.45, 2.75) is 150 Å². The number of carboxylic acid groups (broad SMARTS) is 1. The molecule has 16 heteroatoms. The van der Waals surface area contributed by atoms with Crippen LogP contribution in [0.1, 0.15) is 64.2 Å². The van der Waals surface area contributed by atoms with E-state index >= 15 is 0 Å². The van der Waals surface area contributed by atoms with Crippen molar-refractivity contribution in [2.24, 2.45) is 5.92 Å². The highest BCUT2D eigenvalue weighted by atomic mass is 19.4. The topological polar surface area (TPSA) is 205 Å². The Morgan fingerprint density at radius 1 is 0.767 bits per heavy atom. The fourth-order valence-electron chi connectivity index (χ4n) is 6.41. The highest BCUT2D eigenvalue weighted by molar-refractivity contribution is 5.72. The Morgan fingerprint density at radius 3 is 1.86 bits per heavy atom. The molecule has 0 aromatic carbocycles. The maximum Gasteiger partial charge on any atom is 0.417 e. The second-order valence-corrected chi connectivity index (χ2v) is 11.9. The molecular weight excluding hydrogens is 589 g/mol. The van der Waals surface area contributed by atoms with Gasteiger partial charge < -0.3 is 59.4 Å². The molecule has 2 saturated heterocycles. The molecule has 13 atom stereocenters. The molecule has 0 amide bonds. The Labute approximate surface area is 246 Å². The first-order valence-corrected chi connectivity index (χ1v) is 14.9. The quantitative estimate of drug-likeness (QED) is 0.169. The van der Waals surface area contributed by atoms with Crippen molar-refractivity contribution in [3.63, 3.8) is 0 Å². The molecule has 0 spiro atoms. The van der Waals surface area contributed by atoms with Gasteiger partial charge in [-0.2, -0.15) is 13.2 Å². The average Bonchev–Trinajstić information content (AvgIpc) is 2.97. The van der Waals surface area contributed by atoms with Gasteiger partial charge in [0.2, 0.25) is 0 Å². The molecule has 7 N–H and O–H groups in total. The van der Waals surface area contributed by atoms with Crippen LogP contribution in [0.3, 0.4) is 0 Å². The molecule has 0 radical (unpaired) electrons. The Morgan fingerprint density at radius 2 is 1.33 bits per heavy atom. The fraction of sp³-hybridized carbons (Fsp3) is 0.963. The molecule has 2 saturated carbocycles. The van der Waals surface area contributed by atoms with E-state index in [-0.39, 0.29) is 25.2 Å². The van der Waals surface area contributed by atoms with Crippen molar-refractivity contribution < 1.29 is 77.4 Å². The van der Waals surface area contributed by atoms with Crippen LogP contribution in [0.25, 0.3) is 0 Å². The molecule has 0 aromatic rings. The zero-order valence-electron chi connectivity index (χ0n) is 23.6. The van der Waals surface area contributed by atoms with Crippen molar-refractivity contribution in [2.75, 3.05) is 6.61 Å². The minimum absolute atomic E-state index is 0.0961. The Kier molecular flexibility index (Phi) is 12.1. The van der Waals surface area contributed by atoms with Gasteiger partial charge in [-0.05, 0) is 25.2 Å². The van der Waals surface area contributed by atoms with Crippen molar-refractivity contribution in [3.8, 4) is 0 Å². The zero-order chi connectivity index (χ0) is 31.5. The summed E-state index contributed by atoms with van der Waals surface area (Å²) in [6.45, 7) is -0.723. The molecule has 2 aliphatic carbocycles. The van der Waals surface area contributed by atoms with E-state index in [1.54, 1.807) is 0 Å². The molecule has 250 valence electrons. The summed E-state index contributed by atoms with van der Waals surface area (Å²) >= 11 is 0. The number of aliphatic hydroxyl groups excluding tert-OH is 6. The van der Waals surface area contributed by atoms with Crippen LogP contribution in [-0.4, -0.2) is 134 Å². The predicted molar refractivity (Wildman–Crippen MR) is 136 cm³/mol. The first-order chi connectivity index (χ1) is 20.3. The van der Waals surface area contributed by atoms with Crippen LogP contribution in [0.15, 0.2) is 0 Å². The van der Waals surface area contributed by atoms with Crippen LogP contribution in [0.4, 0.5) is 13.2 Å². The predicted octanol–water partition coefficient (Wildman–Crippen LogP) is -0.0515. The molecule has 0 unspecified atom stereocenters.